The third-order valence-corrected chi connectivity index (χ3v) is 3.33. The van der Waals surface area contributed by atoms with E-state index in [-0.39, 0.29) is 5.56 Å². The van der Waals surface area contributed by atoms with Crippen molar-refractivity contribution in [3.63, 3.8) is 0 Å². The summed E-state index contributed by atoms with van der Waals surface area (Å²) in [5.41, 5.74) is 5.86. The highest BCUT2D eigenvalue weighted by atomic mass is 35.5. The van der Waals surface area contributed by atoms with Crippen molar-refractivity contribution in [3.05, 3.63) is 58.4 Å². The molecule has 0 bridgehead atoms. The van der Waals surface area contributed by atoms with Gasteiger partial charge in [0.2, 0.25) is 5.95 Å². The lowest BCUT2D eigenvalue weighted by atomic mass is 10.2. The van der Waals surface area contributed by atoms with Crippen LogP contribution >= 0.6 is 11.6 Å². The van der Waals surface area contributed by atoms with Gasteiger partial charge >= 0.3 is 0 Å². The van der Waals surface area contributed by atoms with Crippen molar-refractivity contribution in [1.82, 2.24) is 9.97 Å². The van der Waals surface area contributed by atoms with E-state index in [9.17, 15) is 4.39 Å². The summed E-state index contributed by atoms with van der Waals surface area (Å²) in [6.07, 6.45) is 1.33. The first-order valence-corrected chi connectivity index (χ1v) is 6.71. The van der Waals surface area contributed by atoms with E-state index in [4.69, 9.17) is 11.6 Å². The van der Waals surface area contributed by atoms with Crippen molar-refractivity contribution in [2.75, 3.05) is 5.43 Å². The Bertz CT molecular complexity index is 805. The van der Waals surface area contributed by atoms with Gasteiger partial charge in [-0.15, -0.1) is 0 Å². The number of aromatic amines is 1. The predicted octanol–water partition coefficient (Wildman–Crippen LogP) is 4.11. The molecule has 0 aliphatic carbocycles. The van der Waals surface area contributed by atoms with E-state index in [0.29, 0.717) is 11.0 Å². The standard InChI is InChI=1S/C15H12ClFN4/c1-9-5-6-13-14(7-9)20-15(19-13)21-18-8-10-11(16)3-2-4-12(10)17/h2-8H,1H3,(H2,19,20,21)/b18-8-. The van der Waals surface area contributed by atoms with Crippen molar-refractivity contribution >= 4 is 34.8 Å². The molecule has 1 heterocycles. The number of fused-ring (bicyclic) bond motifs is 1. The largest absolute Gasteiger partial charge is 0.323 e. The molecule has 0 saturated heterocycles. The molecule has 0 fully saturated rings. The number of aromatic nitrogens is 2. The minimum absolute atomic E-state index is 0.235. The van der Waals surface area contributed by atoms with E-state index in [1.165, 1.54) is 12.3 Å². The van der Waals surface area contributed by atoms with Crippen LogP contribution < -0.4 is 5.43 Å². The zero-order chi connectivity index (χ0) is 14.8. The minimum Gasteiger partial charge on any atom is -0.323 e. The highest BCUT2D eigenvalue weighted by molar-refractivity contribution is 6.33. The topological polar surface area (TPSA) is 53.1 Å². The maximum Gasteiger partial charge on any atom is 0.222 e. The molecule has 6 heteroatoms. The smallest absolute Gasteiger partial charge is 0.222 e. The van der Waals surface area contributed by atoms with Gasteiger partial charge in [-0.2, -0.15) is 5.10 Å². The van der Waals surface area contributed by atoms with Crippen molar-refractivity contribution in [2.24, 2.45) is 5.10 Å². The van der Waals surface area contributed by atoms with Crippen molar-refractivity contribution in [1.29, 1.82) is 0 Å². The van der Waals surface area contributed by atoms with Gasteiger partial charge in [-0.05, 0) is 36.8 Å². The average molecular weight is 303 g/mol. The lowest BCUT2D eigenvalue weighted by Crippen LogP contribution is -1.95. The first kappa shape index (κ1) is 13.6. The van der Waals surface area contributed by atoms with E-state index in [1.807, 2.05) is 25.1 Å². The Morgan fingerprint density at radius 3 is 3.00 bits per heavy atom. The van der Waals surface area contributed by atoms with Gasteiger partial charge in [0.15, 0.2) is 0 Å². The van der Waals surface area contributed by atoms with E-state index < -0.39 is 5.82 Å². The lowest BCUT2D eigenvalue weighted by Gasteiger charge is -1.99. The first-order chi connectivity index (χ1) is 10.1. The van der Waals surface area contributed by atoms with Gasteiger partial charge in [0, 0.05) is 5.56 Å². The normalized spacial score (nSPS) is 11.4. The lowest BCUT2D eigenvalue weighted by molar-refractivity contribution is 0.626. The van der Waals surface area contributed by atoms with E-state index in [0.717, 1.165) is 16.6 Å². The fourth-order valence-corrected chi connectivity index (χ4v) is 2.18. The number of H-pyrrole nitrogens is 1. The van der Waals surface area contributed by atoms with Crippen LogP contribution in [0, 0.1) is 12.7 Å². The summed E-state index contributed by atoms with van der Waals surface area (Å²) in [4.78, 5) is 7.41. The maximum atomic E-state index is 13.6. The second-order valence-corrected chi connectivity index (χ2v) is 5.02. The van der Waals surface area contributed by atoms with Crippen LogP contribution in [-0.4, -0.2) is 16.2 Å². The number of halogens is 2. The molecule has 0 saturated carbocycles. The molecule has 2 N–H and O–H groups in total. The number of imidazole rings is 1. The van der Waals surface area contributed by atoms with Gasteiger partial charge in [0.25, 0.3) is 0 Å². The Balaban J connectivity index is 1.81. The highest BCUT2D eigenvalue weighted by Crippen LogP contribution is 2.18. The molecular formula is C15H12ClFN4. The molecule has 4 nitrogen and oxygen atoms in total. The summed E-state index contributed by atoms with van der Waals surface area (Å²) in [6, 6.07) is 10.4. The summed E-state index contributed by atoms with van der Waals surface area (Å²) < 4.78 is 13.6. The SMILES string of the molecule is Cc1ccc2nc(N/N=C\c3c(F)cccc3Cl)[nH]c2c1. The third-order valence-electron chi connectivity index (χ3n) is 3.00. The molecule has 0 aliphatic heterocycles. The van der Waals surface area contributed by atoms with Crippen molar-refractivity contribution in [2.45, 2.75) is 6.92 Å². The molecule has 2 aromatic carbocycles. The van der Waals surface area contributed by atoms with Crippen LogP contribution in [0.5, 0.6) is 0 Å². The van der Waals surface area contributed by atoms with E-state index in [1.54, 1.807) is 12.1 Å². The quantitative estimate of drug-likeness (QED) is 0.565. The molecule has 0 spiro atoms. The van der Waals surface area contributed by atoms with Crippen LogP contribution in [0.1, 0.15) is 11.1 Å². The number of rotatable bonds is 3. The van der Waals surface area contributed by atoms with Gasteiger partial charge < -0.3 is 4.98 Å². The van der Waals surface area contributed by atoms with Crippen LogP contribution in [0.2, 0.25) is 5.02 Å². The molecule has 0 aliphatic rings. The van der Waals surface area contributed by atoms with Gasteiger partial charge in [-0.3, -0.25) is 0 Å². The average Bonchev–Trinajstić information content (AvgIpc) is 2.84. The maximum absolute atomic E-state index is 13.6. The summed E-state index contributed by atoms with van der Waals surface area (Å²) in [5.74, 6) is 0.0626. The van der Waals surface area contributed by atoms with Crippen LogP contribution in [-0.2, 0) is 0 Å². The number of benzene rings is 2. The molecule has 21 heavy (non-hydrogen) atoms. The first-order valence-electron chi connectivity index (χ1n) is 6.33. The molecule has 0 atom stereocenters. The highest BCUT2D eigenvalue weighted by Gasteiger charge is 2.04. The molecule has 0 unspecified atom stereocenters. The number of anilines is 1. The third kappa shape index (κ3) is 2.87. The second kappa shape index (κ2) is 5.54. The Hall–Kier alpha value is -2.40. The second-order valence-electron chi connectivity index (χ2n) is 4.61. The number of hydrazone groups is 1. The van der Waals surface area contributed by atoms with Gasteiger partial charge in [0.1, 0.15) is 5.82 Å². The van der Waals surface area contributed by atoms with Crippen molar-refractivity contribution in [3.8, 4) is 0 Å². The van der Waals surface area contributed by atoms with Crippen LogP contribution in [0.15, 0.2) is 41.5 Å². The van der Waals surface area contributed by atoms with Gasteiger partial charge in [0.05, 0.1) is 22.3 Å². The zero-order valence-corrected chi connectivity index (χ0v) is 11.9. The van der Waals surface area contributed by atoms with Crippen LogP contribution in [0.4, 0.5) is 10.3 Å². The summed E-state index contributed by atoms with van der Waals surface area (Å²) >= 11 is 5.91. The zero-order valence-electron chi connectivity index (χ0n) is 11.2. The summed E-state index contributed by atoms with van der Waals surface area (Å²) in [5, 5.41) is 4.26. The number of hydrogen-bond acceptors (Lipinski definition) is 3. The number of hydrogen-bond donors (Lipinski definition) is 2. The van der Waals surface area contributed by atoms with Crippen LogP contribution in [0.25, 0.3) is 11.0 Å². The fraction of sp³-hybridized carbons (Fsp3) is 0.0667. The molecule has 1 aromatic heterocycles. The monoisotopic (exact) mass is 302 g/mol. The molecule has 3 aromatic rings. The molecule has 0 amide bonds. The number of nitrogens with zero attached hydrogens (tertiary/aromatic N) is 2. The number of aryl methyl sites for hydroxylation is 1. The van der Waals surface area contributed by atoms with E-state index >= 15 is 0 Å². The Labute approximate surface area is 125 Å². The predicted molar refractivity (Wildman–Crippen MR) is 83.5 cm³/mol. The van der Waals surface area contributed by atoms with Gasteiger partial charge in [-0.1, -0.05) is 23.7 Å². The Morgan fingerprint density at radius 2 is 2.19 bits per heavy atom. The molecule has 0 radical (unpaired) electrons. The van der Waals surface area contributed by atoms with E-state index in [2.05, 4.69) is 20.5 Å². The molecule has 3 rings (SSSR count). The fourth-order valence-electron chi connectivity index (χ4n) is 1.97. The van der Waals surface area contributed by atoms with Crippen molar-refractivity contribution < 1.29 is 4.39 Å². The minimum atomic E-state index is -0.423. The summed E-state index contributed by atoms with van der Waals surface area (Å²) in [7, 11) is 0. The Kier molecular flexibility index (Phi) is 3.58. The Morgan fingerprint density at radius 1 is 1.33 bits per heavy atom. The summed E-state index contributed by atoms with van der Waals surface area (Å²) in [6.45, 7) is 2.01. The molecular weight excluding hydrogens is 291 g/mol. The van der Waals surface area contributed by atoms with Gasteiger partial charge in [-0.25, -0.2) is 14.8 Å². The number of nitrogens with one attached hydrogen (secondary N) is 2. The van der Waals surface area contributed by atoms with Crippen LogP contribution in [0.3, 0.4) is 0 Å². The molecule has 106 valence electrons.